The molecule has 6 nitrogen and oxygen atoms in total. The van der Waals surface area contributed by atoms with Crippen LogP contribution in [0, 0.1) is 5.92 Å². The van der Waals surface area contributed by atoms with E-state index in [0.29, 0.717) is 19.1 Å². The molecule has 0 aromatic rings. The number of carbonyl (C=O) groups is 1. The molecule has 0 aliphatic carbocycles. The van der Waals surface area contributed by atoms with Crippen LogP contribution in [0.2, 0.25) is 0 Å². The summed E-state index contributed by atoms with van der Waals surface area (Å²) in [6.07, 6.45) is 2.37. The molecule has 138 valence electrons. The Morgan fingerprint density at radius 3 is 2.57 bits per heavy atom. The van der Waals surface area contributed by atoms with Crippen molar-refractivity contribution in [3.8, 4) is 0 Å². The van der Waals surface area contributed by atoms with Crippen molar-refractivity contribution in [1.82, 2.24) is 20.4 Å². The van der Waals surface area contributed by atoms with Crippen molar-refractivity contribution >= 4 is 30.7 Å². The minimum Gasteiger partial charge on any atom is -0.378 e. The number of halogens is 2. The molecule has 2 N–H and O–H groups in total. The molecule has 0 aromatic heterocycles. The maximum absolute atomic E-state index is 12.0. The Morgan fingerprint density at radius 1 is 1.30 bits per heavy atom. The van der Waals surface area contributed by atoms with Crippen molar-refractivity contribution in [2.75, 3.05) is 66.6 Å². The molecule has 1 unspecified atom stereocenters. The van der Waals surface area contributed by atoms with Crippen LogP contribution in [-0.2, 0) is 9.53 Å². The lowest BCUT2D eigenvalue weighted by Gasteiger charge is -2.33. The summed E-state index contributed by atoms with van der Waals surface area (Å²) in [4.78, 5) is 16.8. The van der Waals surface area contributed by atoms with E-state index < -0.39 is 0 Å². The van der Waals surface area contributed by atoms with Gasteiger partial charge in [-0.3, -0.25) is 4.79 Å². The number of rotatable bonds is 6. The number of morpholine rings is 1. The average molecular weight is 371 g/mol. The SMILES string of the molecule is CN(C)CCN1CCC(CNC(=O)C2COCCN2)CC1.Cl.Cl. The maximum Gasteiger partial charge on any atom is 0.239 e. The van der Waals surface area contributed by atoms with Gasteiger partial charge in [-0.05, 0) is 45.9 Å². The van der Waals surface area contributed by atoms with Crippen LogP contribution >= 0.6 is 24.8 Å². The number of nitrogens with zero attached hydrogens (tertiary/aromatic N) is 2. The summed E-state index contributed by atoms with van der Waals surface area (Å²) in [5.41, 5.74) is 0. The molecule has 2 fully saturated rings. The number of likely N-dealkylation sites (tertiary alicyclic amines) is 1. The van der Waals surface area contributed by atoms with Gasteiger partial charge in [-0.2, -0.15) is 0 Å². The highest BCUT2D eigenvalue weighted by molar-refractivity contribution is 5.85. The van der Waals surface area contributed by atoms with Crippen LogP contribution in [0.3, 0.4) is 0 Å². The molecule has 2 aliphatic rings. The quantitative estimate of drug-likeness (QED) is 0.699. The third-order valence-electron chi connectivity index (χ3n) is 4.37. The van der Waals surface area contributed by atoms with Crippen LogP contribution in [0.15, 0.2) is 0 Å². The largest absolute Gasteiger partial charge is 0.378 e. The number of amides is 1. The highest BCUT2D eigenvalue weighted by Gasteiger charge is 2.23. The van der Waals surface area contributed by atoms with Crippen LogP contribution in [0.4, 0.5) is 0 Å². The second-order valence-electron chi connectivity index (χ2n) is 6.42. The monoisotopic (exact) mass is 370 g/mol. The number of hydrogen-bond donors (Lipinski definition) is 2. The zero-order chi connectivity index (χ0) is 15.1. The Bertz CT molecular complexity index is 321. The molecule has 2 aliphatic heterocycles. The van der Waals surface area contributed by atoms with Crippen LogP contribution in [0.5, 0.6) is 0 Å². The van der Waals surface area contributed by atoms with Crippen molar-refractivity contribution in [3.63, 3.8) is 0 Å². The van der Waals surface area contributed by atoms with E-state index in [9.17, 15) is 4.79 Å². The standard InChI is InChI=1S/C15H30N4O2.2ClH/c1-18(2)8-9-19-6-3-13(4-7-19)11-17-15(20)14-12-21-10-5-16-14;;/h13-14,16H,3-12H2,1-2H3,(H,17,20);2*1H. The van der Waals surface area contributed by atoms with Gasteiger partial charge in [0.25, 0.3) is 0 Å². The molecule has 0 saturated carbocycles. The Balaban J connectivity index is 0.00000242. The van der Waals surface area contributed by atoms with E-state index in [4.69, 9.17) is 4.74 Å². The van der Waals surface area contributed by atoms with Gasteiger partial charge in [0.15, 0.2) is 0 Å². The average Bonchev–Trinajstić information content (AvgIpc) is 2.52. The topological polar surface area (TPSA) is 56.8 Å². The summed E-state index contributed by atoms with van der Waals surface area (Å²) in [5.74, 6) is 0.707. The summed E-state index contributed by atoms with van der Waals surface area (Å²) in [7, 11) is 4.23. The second kappa shape index (κ2) is 12.3. The normalized spacial score (nSPS) is 23.0. The zero-order valence-corrected chi connectivity index (χ0v) is 15.9. The molecule has 0 radical (unpaired) electrons. The third kappa shape index (κ3) is 8.52. The van der Waals surface area contributed by atoms with Crippen molar-refractivity contribution in [1.29, 1.82) is 0 Å². The van der Waals surface area contributed by atoms with Crippen molar-refractivity contribution in [2.45, 2.75) is 18.9 Å². The summed E-state index contributed by atoms with van der Waals surface area (Å²) in [6.45, 7) is 7.34. The minimum atomic E-state index is -0.168. The van der Waals surface area contributed by atoms with E-state index >= 15 is 0 Å². The first kappa shape index (κ1) is 22.9. The molecule has 8 heteroatoms. The second-order valence-corrected chi connectivity index (χ2v) is 6.42. The number of hydrogen-bond acceptors (Lipinski definition) is 5. The number of ether oxygens (including phenoxy) is 1. The van der Waals surface area contributed by atoms with E-state index in [0.717, 1.165) is 39.3 Å². The zero-order valence-electron chi connectivity index (χ0n) is 14.3. The number of piperidine rings is 1. The Morgan fingerprint density at radius 2 is 2.00 bits per heavy atom. The van der Waals surface area contributed by atoms with Gasteiger partial charge in [-0.1, -0.05) is 0 Å². The lowest BCUT2D eigenvalue weighted by Crippen LogP contribution is -2.52. The van der Waals surface area contributed by atoms with Crippen molar-refractivity contribution in [2.24, 2.45) is 5.92 Å². The van der Waals surface area contributed by atoms with Gasteiger partial charge in [0, 0.05) is 26.2 Å². The lowest BCUT2D eigenvalue weighted by molar-refractivity contribution is -0.126. The number of carbonyl (C=O) groups excluding carboxylic acids is 1. The molecule has 1 amide bonds. The number of likely N-dealkylation sites (N-methyl/N-ethyl adjacent to an activating group) is 1. The molecule has 0 aromatic carbocycles. The van der Waals surface area contributed by atoms with Gasteiger partial charge in [-0.15, -0.1) is 24.8 Å². The van der Waals surface area contributed by atoms with Crippen LogP contribution in [0.25, 0.3) is 0 Å². The summed E-state index contributed by atoms with van der Waals surface area (Å²) < 4.78 is 5.32. The third-order valence-corrected chi connectivity index (χ3v) is 4.37. The van der Waals surface area contributed by atoms with E-state index in [1.54, 1.807) is 0 Å². The summed E-state index contributed by atoms with van der Waals surface area (Å²) in [6, 6.07) is -0.168. The lowest BCUT2D eigenvalue weighted by atomic mass is 9.96. The minimum absolute atomic E-state index is 0. The van der Waals surface area contributed by atoms with Crippen LogP contribution < -0.4 is 10.6 Å². The molecule has 0 spiro atoms. The highest BCUT2D eigenvalue weighted by Crippen LogP contribution is 2.16. The molecule has 0 bridgehead atoms. The predicted octanol–water partition coefficient (Wildman–Crippen LogP) is 0.208. The fraction of sp³-hybridized carbons (Fsp3) is 0.933. The van der Waals surface area contributed by atoms with Crippen molar-refractivity contribution < 1.29 is 9.53 Å². The molecule has 2 rings (SSSR count). The van der Waals surface area contributed by atoms with Gasteiger partial charge in [0.2, 0.25) is 5.91 Å². The van der Waals surface area contributed by atoms with Crippen LogP contribution in [0.1, 0.15) is 12.8 Å². The molecule has 2 heterocycles. The van der Waals surface area contributed by atoms with E-state index in [2.05, 4.69) is 34.5 Å². The van der Waals surface area contributed by atoms with E-state index in [1.807, 2.05) is 0 Å². The predicted molar refractivity (Wildman–Crippen MR) is 97.8 cm³/mol. The Hall–Kier alpha value is -0.110. The summed E-state index contributed by atoms with van der Waals surface area (Å²) in [5, 5.41) is 6.27. The van der Waals surface area contributed by atoms with E-state index in [-0.39, 0.29) is 36.8 Å². The first-order valence-electron chi connectivity index (χ1n) is 8.11. The fourth-order valence-electron chi connectivity index (χ4n) is 2.86. The van der Waals surface area contributed by atoms with Gasteiger partial charge in [0.1, 0.15) is 6.04 Å². The summed E-state index contributed by atoms with van der Waals surface area (Å²) >= 11 is 0. The molecule has 23 heavy (non-hydrogen) atoms. The molecule has 2 saturated heterocycles. The Kier molecular flexibility index (Phi) is 12.2. The fourth-order valence-corrected chi connectivity index (χ4v) is 2.86. The molecular formula is C15H32Cl2N4O2. The van der Waals surface area contributed by atoms with Crippen molar-refractivity contribution in [3.05, 3.63) is 0 Å². The first-order chi connectivity index (χ1) is 10.1. The van der Waals surface area contributed by atoms with Gasteiger partial charge < -0.3 is 25.2 Å². The van der Waals surface area contributed by atoms with Gasteiger partial charge >= 0.3 is 0 Å². The highest BCUT2D eigenvalue weighted by atomic mass is 35.5. The smallest absolute Gasteiger partial charge is 0.239 e. The first-order valence-corrected chi connectivity index (χ1v) is 8.11. The van der Waals surface area contributed by atoms with Crippen LogP contribution in [-0.4, -0.2) is 88.3 Å². The molecule has 1 atom stereocenters. The maximum atomic E-state index is 12.0. The Labute approximate surface area is 152 Å². The van der Waals surface area contributed by atoms with E-state index in [1.165, 1.54) is 12.8 Å². The molecular weight excluding hydrogens is 339 g/mol. The van der Waals surface area contributed by atoms with Gasteiger partial charge in [0.05, 0.1) is 13.2 Å². The number of nitrogens with one attached hydrogen (secondary N) is 2. The van der Waals surface area contributed by atoms with Gasteiger partial charge in [-0.25, -0.2) is 0 Å².